The molecule has 1 fully saturated rings. The summed E-state index contributed by atoms with van der Waals surface area (Å²) in [6.45, 7) is 1.05. The van der Waals surface area contributed by atoms with Gasteiger partial charge in [-0.1, -0.05) is 11.6 Å². The Kier molecular flexibility index (Phi) is 3.21. The van der Waals surface area contributed by atoms with Crippen LogP contribution in [0.2, 0.25) is 5.02 Å². The van der Waals surface area contributed by atoms with Crippen molar-refractivity contribution >= 4 is 11.6 Å². The minimum Gasteiger partial charge on any atom is -0.454 e. The number of aromatic nitrogens is 2. The van der Waals surface area contributed by atoms with E-state index >= 15 is 0 Å². The third-order valence-electron chi connectivity index (χ3n) is 2.98. The number of halogens is 1. The van der Waals surface area contributed by atoms with Crippen molar-refractivity contribution in [2.45, 2.75) is 19.0 Å². The van der Waals surface area contributed by atoms with Gasteiger partial charge >= 0.3 is 0 Å². The van der Waals surface area contributed by atoms with Crippen molar-refractivity contribution in [3.8, 4) is 11.5 Å². The van der Waals surface area contributed by atoms with Gasteiger partial charge in [0.05, 0.1) is 12.4 Å². The molecule has 1 aromatic carbocycles. The Morgan fingerprint density at radius 3 is 2.83 bits per heavy atom. The fourth-order valence-corrected chi connectivity index (χ4v) is 2.20. The molecule has 4 nitrogen and oxygen atoms in total. The van der Waals surface area contributed by atoms with Gasteiger partial charge in [0.15, 0.2) is 5.75 Å². The highest BCUT2D eigenvalue weighted by atomic mass is 35.5. The molecule has 3 rings (SSSR count). The predicted octanol–water partition coefficient (Wildman–Crippen LogP) is 3.21. The van der Waals surface area contributed by atoms with E-state index in [9.17, 15) is 0 Å². The molecule has 0 radical (unpaired) electrons. The largest absolute Gasteiger partial charge is 0.454 e. The molecule has 0 spiro atoms. The molecule has 1 aliphatic heterocycles. The second-order valence-corrected chi connectivity index (χ2v) is 4.76. The zero-order valence-corrected chi connectivity index (χ0v) is 10.6. The van der Waals surface area contributed by atoms with Gasteiger partial charge in [-0.15, -0.1) is 0 Å². The number of hydrogen-bond acceptors (Lipinski definition) is 3. The Morgan fingerprint density at radius 1 is 1.28 bits per heavy atom. The molecule has 1 aliphatic rings. The smallest absolute Gasteiger partial charge is 0.165 e. The third-order valence-corrected chi connectivity index (χ3v) is 3.23. The summed E-state index contributed by atoms with van der Waals surface area (Å²) < 4.78 is 7.62. The van der Waals surface area contributed by atoms with Crippen LogP contribution in [0.5, 0.6) is 11.5 Å². The lowest BCUT2D eigenvalue weighted by Crippen LogP contribution is -2.19. The standard InChI is InChI=1S/C13H14ClN3O/c14-10-3-5-11(6-4-10)18-12-8-16-17(9-12)13-2-1-7-15-13/h3-6,8-9,13,15H,1-2,7H2. The van der Waals surface area contributed by atoms with Crippen molar-refractivity contribution in [3.63, 3.8) is 0 Å². The summed E-state index contributed by atoms with van der Waals surface area (Å²) in [5.74, 6) is 1.50. The summed E-state index contributed by atoms with van der Waals surface area (Å²) in [7, 11) is 0. The average Bonchev–Trinajstić information content (AvgIpc) is 3.02. The Morgan fingerprint density at radius 2 is 2.11 bits per heavy atom. The minimum absolute atomic E-state index is 0.299. The number of rotatable bonds is 3. The number of ether oxygens (including phenoxy) is 1. The molecule has 0 amide bonds. The summed E-state index contributed by atoms with van der Waals surface area (Å²) in [5, 5.41) is 8.40. The number of benzene rings is 1. The molecular weight excluding hydrogens is 250 g/mol. The maximum atomic E-state index is 5.82. The molecule has 1 saturated heterocycles. The topological polar surface area (TPSA) is 39.1 Å². The van der Waals surface area contributed by atoms with Crippen LogP contribution < -0.4 is 10.1 Å². The Hall–Kier alpha value is -1.52. The monoisotopic (exact) mass is 263 g/mol. The minimum atomic E-state index is 0.299. The highest BCUT2D eigenvalue weighted by molar-refractivity contribution is 6.30. The van der Waals surface area contributed by atoms with Crippen molar-refractivity contribution in [1.29, 1.82) is 0 Å². The van der Waals surface area contributed by atoms with E-state index in [4.69, 9.17) is 16.3 Å². The fourth-order valence-electron chi connectivity index (χ4n) is 2.07. The molecule has 1 aromatic heterocycles. The van der Waals surface area contributed by atoms with Gasteiger partial charge < -0.3 is 4.74 Å². The number of nitrogens with one attached hydrogen (secondary N) is 1. The lowest BCUT2D eigenvalue weighted by Gasteiger charge is -2.09. The second kappa shape index (κ2) is 5.00. The van der Waals surface area contributed by atoms with Crippen molar-refractivity contribution in [3.05, 3.63) is 41.7 Å². The highest BCUT2D eigenvalue weighted by Crippen LogP contribution is 2.24. The quantitative estimate of drug-likeness (QED) is 0.924. The van der Waals surface area contributed by atoms with E-state index in [1.807, 2.05) is 23.0 Å². The Labute approximate surface area is 111 Å². The third kappa shape index (κ3) is 2.49. The van der Waals surface area contributed by atoms with Crippen molar-refractivity contribution in [2.75, 3.05) is 6.54 Å². The van der Waals surface area contributed by atoms with Gasteiger partial charge in [-0.3, -0.25) is 10.00 Å². The first kappa shape index (κ1) is 11.6. The SMILES string of the molecule is Clc1ccc(Oc2cnn(C3CCCN3)c2)cc1. The average molecular weight is 264 g/mol. The molecule has 94 valence electrons. The lowest BCUT2D eigenvalue weighted by molar-refractivity contribution is 0.421. The molecule has 5 heteroatoms. The first-order chi connectivity index (χ1) is 8.81. The van der Waals surface area contributed by atoms with Crippen LogP contribution in [-0.4, -0.2) is 16.3 Å². The lowest BCUT2D eigenvalue weighted by atomic mass is 10.3. The first-order valence-electron chi connectivity index (χ1n) is 6.02. The molecule has 1 N–H and O–H groups in total. The molecule has 0 saturated carbocycles. The van der Waals surface area contributed by atoms with Crippen LogP contribution in [0.1, 0.15) is 19.0 Å². The molecule has 0 aliphatic carbocycles. The van der Waals surface area contributed by atoms with Crippen molar-refractivity contribution in [1.82, 2.24) is 15.1 Å². The Balaban J connectivity index is 1.71. The normalized spacial score (nSPS) is 19.1. The molecule has 1 atom stereocenters. The first-order valence-corrected chi connectivity index (χ1v) is 6.40. The summed E-state index contributed by atoms with van der Waals surface area (Å²) in [4.78, 5) is 0. The molecule has 2 heterocycles. The van der Waals surface area contributed by atoms with Crippen molar-refractivity contribution < 1.29 is 4.74 Å². The fraction of sp³-hybridized carbons (Fsp3) is 0.308. The van der Waals surface area contributed by atoms with Gasteiger partial charge in [-0.2, -0.15) is 5.10 Å². The van der Waals surface area contributed by atoms with Crippen LogP contribution in [0, 0.1) is 0 Å². The van der Waals surface area contributed by atoms with Crippen LogP contribution >= 0.6 is 11.6 Å². The van der Waals surface area contributed by atoms with Gasteiger partial charge in [0.25, 0.3) is 0 Å². The maximum absolute atomic E-state index is 5.82. The van der Waals surface area contributed by atoms with Crippen LogP contribution in [0.4, 0.5) is 0 Å². The number of nitrogens with zero attached hydrogens (tertiary/aromatic N) is 2. The molecule has 1 unspecified atom stereocenters. The summed E-state index contributed by atoms with van der Waals surface area (Å²) in [5.41, 5.74) is 0. The zero-order valence-electron chi connectivity index (χ0n) is 9.84. The maximum Gasteiger partial charge on any atom is 0.165 e. The van der Waals surface area contributed by atoms with E-state index < -0.39 is 0 Å². The van der Waals surface area contributed by atoms with Crippen molar-refractivity contribution in [2.24, 2.45) is 0 Å². The van der Waals surface area contributed by atoms with Crippen LogP contribution in [-0.2, 0) is 0 Å². The molecular formula is C13H14ClN3O. The second-order valence-electron chi connectivity index (χ2n) is 4.32. The summed E-state index contributed by atoms with van der Waals surface area (Å²) >= 11 is 5.82. The van der Waals surface area contributed by atoms with Gasteiger partial charge in [0.1, 0.15) is 11.9 Å². The molecule has 2 aromatic rings. The number of hydrogen-bond donors (Lipinski definition) is 1. The summed E-state index contributed by atoms with van der Waals surface area (Å²) in [6.07, 6.45) is 6.25. The van der Waals surface area contributed by atoms with E-state index in [1.165, 1.54) is 6.42 Å². The van der Waals surface area contributed by atoms with Gasteiger partial charge in [0, 0.05) is 5.02 Å². The Bertz CT molecular complexity index is 517. The van der Waals surface area contributed by atoms with E-state index in [0.29, 0.717) is 11.2 Å². The molecule has 0 bridgehead atoms. The zero-order chi connectivity index (χ0) is 12.4. The van der Waals surface area contributed by atoms with Gasteiger partial charge in [-0.05, 0) is 43.7 Å². The van der Waals surface area contributed by atoms with Gasteiger partial charge in [-0.25, -0.2) is 0 Å². The van der Waals surface area contributed by atoms with E-state index in [0.717, 1.165) is 24.5 Å². The molecule has 18 heavy (non-hydrogen) atoms. The van der Waals surface area contributed by atoms with Crippen LogP contribution in [0.25, 0.3) is 0 Å². The van der Waals surface area contributed by atoms with Crippen LogP contribution in [0.15, 0.2) is 36.7 Å². The summed E-state index contributed by atoms with van der Waals surface area (Å²) in [6, 6.07) is 7.29. The van der Waals surface area contributed by atoms with E-state index in [1.54, 1.807) is 18.3 Å². The predicted molar refractivity (Wildman–Crippen MR) is 70.0 cm³/mol. The van der Waals surface area contributed by atoms with Crippen LogP contribution in [0.3, 0.4) is 0 Å². The van der Waals surface area contributed by atoms with E-state index in [-0.39, 0.29) is 0 Å². The van der Waals surface area contributed by atoms with E-state index in [2.05, 4.69) is 10.4 Å². The van der Waals surface area contributed by atoms with Gasteiger partial charge in [0.2, 0.25) is 0 Å². The highest BCUT2D eigenvalue weighted by Gasteiger charge is 2.16.